The van der Waals surface area contributed by atoms with E-state index in [0.717, 1.165) is 50.8 Å². The minimum absolute atomic E-state index is 0.0140. The summed E-state index contributed by atoms with van der Waals surface area (Å²) in [6.07, 6.45) is 7.30. The van der Waals surface area contributed by atoms with Crippen LogP contribution >= 0.6 is 11.6 Å². The smallest absolute Gasteiger partial charge is 0.276 e. The van der Waals surface area contributed by atoms with Crippen molar-refractivity contribution >= 4 is 23.4 Å². The second kappa shape index (κ2) is 8.89. The lowest BCUT2D eigenvalue weighted by atomic mass is 9.83. The number of nitrogens with zero attached hydrogens (tertiary/aromatic N) is 2. The molecule has 1 aliphatic carbocycles. The lowest BCUT2D eigenvalue weighted by Crippen LogP contribution is -2.48. The first kappa shape index (κ1) is 19.2. The molecule has 2 heterocycles. The van der Waals surface area contributed by atoms with E-state index in [2.05, 4.69) is 17.4 Å². The number of alkyl halides is 1. The van der Waals surface area contributed by atoms with Crippen LogP contribution in [0.3, 0.4) is 0 Å². The third kappa shape index (κ3) is 4.40. The van der Waals surface area contributed by atoms with E-state index in [4.69, 9.17) is 16.1 Å². The zero-order valence-corrected chi connectivity index (χ0v) is 16.1. The maximum absolute atomic E-state index is 13.0. The summed E-state index contributed by atoms with van der Waals surface area (Å²) in [6.45, 7) is 3.55. The van der Waals surface area contributed by atoms with Gasteiger partial charge in [-0.3, -0.25) is 9.59 Å². The highest BCUT2D eigenvalue weighted by Gasteiger charge is 2.34. The summed E-state index contributed by atoms with van der Waals surface area (Å²) in [4.78, 5) is 26.2. The molecule has 6 nitrogen and oxygen atoms in total. The SMILES string of the molecule is C[C@@H]1CCCN(C(=O)c2cc(C3CCC3)on2)[C@@H]1CCCNC(=O)CCl. The molecule has 2 atom stereocenters. The molecule has 1 aromatic rings. The lowest BCUT2D eigenvalue weighted by Gasteiger charge is -2.40. The fraction of sp³-hybridized carbons (Fsp3) is 0.737. The van der Waals surface area contributed by atoms with Gasteiger partial charge in [0.2, 0.25) is 5.91 Å². The van der Waals surface area contributed by atoms with Gasteiger partial charge in [0.1, 0.15) is 11.6 Å². The molecule has 1 aliphatic heterocycles. The number of carbonyl (C=O) groups excluding carboxylic acids is 2. The molecule has 1 saturated carbocycles. The standard InChI is InChI=1S/C19H28ClN3O3/c1-13-5-4-10-23(16(13)8-3-9-21-18(24)12-20)19(25)15-11-17(26-22-15)14-6-2-7-14/h11,13-14,16H,2-10,12H2,1H3,(H,21,24)/t13-,16-/m1/s1. The first-order chi connectivity index (χ1) is 12.6. The van der Waals surface area contributed by atoms with Gasteiger partial charge in [-0.15, -0.1) is 11.6 Å². The first-order valence-corrected chi connectivity index (χ1v) is 10.2. The Kier molecular flexibility index (Phi) is 6.57. The van der Waals surface area contributed by atoms with Gasteiger partial charge in [-0.2, -0.15) is 0 Å². The Labute approximate surface area is 159 Å². The number of hydrogen-bond donors (Lipinski definition) is 1. The van der Waals surface area contributed by atoms with Crippen LogP contribution in [0.25, 0.3) is 0 Å². The molecule has 2 amide bonds. The van der Waals surface area contributed by atoms with Crippen LogP contribution in [0.4, 0.5) is 0 Å². The number of likely N-dealkylation sites (tertiary alicyclic amines) is 1. The fourth-order valence-electron chi connectivity index (χ4n) is 3.95. The predicted octanol–water partition coefficient (Wildman–Crippen LogP) is 3.32. The largest absolute Gasteiger partial charge is 0.360 e. The van der Waals surface area contributed by atoms with Crippen molar-refractivity contribution in [3.63, 3.8) is 0 Å². The zero-order chi connectivity index (χ0) is 18.5. The third-order valence-corrected chi connectivity index (χ3v) is 5.99. The third-order valence-electron chi connectivity index (χ3n) is 5.75. The molecule has 0 spiro atoms. The molecule has 26 heavy (non-hydrogen) atoms. The van der Waals surface area contributed by atoms with Gasteiger partial charge in [0, 0.05) is 31.1 Å². The second-order valence-electron chi connectivity index (χ2n) is 7.55. The monoisotopic (exact) mass is 381 g/mol. The summed E-state index contributed by atoms with van der Waals surface area (Å²) in [5.41, 5.74) is 0.432. The Bertz CT molecular complexity index is 629. The van der Waals surface area contributed by atoms with Crippen molar-refractivity contribution in [3.05, 3.63) is 17.5 Å². The van der Waals surface area contributed by atoms with Crippen molar-refractivity contribution in [1.82, 2.24) is 15.4 Å². The summed E-state index contributed by atoms with van der Waals surface area (Å²) in [5.74, 6) is 1.54. The van der Waals surface area contributed by atoms with E-state index in [1.165, 1.54) is 6.42 Å². The highest BCUT2D eigenvalue weighted by Crippen LogP contribution is 2.37. The molecule has 1 N–H and O–H groups in total. The quantitative estimate of drug-likeness (QED) is 0.580. The molecule has 0 unspecified atom stereocenters. The van der Waals surface area contributed by atoms with Crippen LogP contribution in [0.5, 0.6) is 0 Å². The molecule has 0 aromatic carbocycles. The number of piperidine rings is 1. The topological polar surface area (TPSA) is 75.4 Å². The van der Waals surface area contributed by atoms with Gasteiger partial charge in [-0.25, -0.2) is 0 Å². The molecule has 7 heteroatoms. The van der Waals surface area contributed by atoms with Crippen LogP contribution in [0.15, 0.2) is 10.6 Å². The average molecular weight is 382 g/mol. The number of hydrogen-bond acceptors (Lipinski definition) is 4. The predicted molar refractivity (Wildman–Crippen MR) is 99.3 cm³/mol. The molecule has 0 radical (unpaired) electrons. The van der Waals surface area contributed by atoms with E-state index < -0.39 is 0 Å². The maximum atomic E-state index is 13.0. The summed E-state index contributed by atoms with van der Waals surface area (Å²) in [7, 11) is 0. The molecule has 2 aliphatic rings. The van der Waals surface area contributed by atoms with Crippen LogP contribution < -0.4 is 5.32 Å². The molecule has 2 fully saturated rings. The molecule has 144 valence electrons. The summed E-state index contributed by atoms with van der Waals surface area (Å²) in [5, 5.41) is 6.84. The van der Waals surface area contributed by atoms with E-state index in [1.807, 2.05) is 11.0 Å². The fourth-order valence-corrected chi connectivity index (χ4v) is 4.04. The zero-order valence-electron chi connectivity index (χ0n) is 15.4. The molecule has 1 saturated heterocycles. The van der Waals surface area contributed by atoms with Gasteiger partial charge in [-0.1, -0.05) is 18.5 Å². The summed E-state index contributed by atoms with van der Waals surface area (Å²) in [6, 6.07) is 2.01. The number of carbonyl (C=O) groups is 2. The number of rotatable bonds is 7. The lowest BCUT2D eigenvalue weighted by molar-refractivity contribution is -0.118. The molecule has 1 aromatic heterocycles. The van der Waals surface area contributed by atoms with Gasteiger partial charge in [0.15, 0.2) is 5.69 Å². The number of nitrogens with one attached hydrogen (secondary N) is 1. The average Bonchev–Trinajstić information content (AvgIpc) is 3.06. The molecule has 0 bridgehead atoms. The second-order valence-corrected chi connectivity index (χ2v) is 7.82. The normalized spacial score (nSPS) is 23.5. The van der Waals surface area contributed by atoms with Crippen molar-refractivity contribution in [2.45, 2.75) is 63.8 Å². The minimum atomic E-state index is -0.151. The van der Waals surface area contributed by atoms with Crippen LogP contribution in [-0.4, -0.2) is 46.9 Å². The Morgan fingerprint density at radius 1 is 1.35 bits per heavy atom. The summed E-state index contributed by atoms with van der Waals surface area (Å²) >= 11 is 5.49. The first-order valence-electron chi connectivity index (χ1n) is 9.70. The van der Waals surface area contributed by atoms with Crippen molar-refractivity contribution in [2.24, 2.45) is 5.92 Å². The Hall–Kier alpha value is -1.56. The highest BCUT2D eigenvalue weighted by atomic mass is 35.5. The van der Waals surface area contributed by atoms with Crippen LogP contribution in [0, 0.1) is 5.92 Å². The molecular formula is C19H28ClN3O3. The van der Waals surface area contributed by atoms with E-state index in [-0.39, 0.29) is 23.7 Å². The van der Waals surface area contributed by atoms with Crippen LogP contribution in [0.1, 0.15) is 74.0 Å². The Morgan fingerprint density at radius 2 is 2.15 bits per heavy atom. The van der Waals surface area contributed by atoms with Gasteiger partial charge < -0.3 is 14.7 Å². The maximum Gasteiger partial charge on any atom is 0.276 e. The Morgan fingerprint density at radius 3 is 2.85 bits per heavy atom. The van der Waals surface area contributed by atoms with Crippen molar-refractivity contribution in [2.75, 3.05) is 19.0 Å². The minimum Gasteiger partial charge on any atom is -0.360 e. The molecular weight excluding hydrogens is 354 g/mol. The van der Waals surface area contributed by atoms with Gasteiger partial charge >= 0.3 is 0 Å². The number of amides is 2. The van der Waals surface area contributed by atoms with Crippen molar-refractivity contribution in [3.8, 4) is 0 Å². The van der Waals surface area contributed by atoms with Gasteiger partial charge in [0.05, 0.1) is 0 Å². The number of halogens is 1. The Balaban J connectivity index is 1.60. The van der Waals surface area contributed by atoms with E-state index in [1.54, 1.807) is 0 Å². The van der Waals surface area contributed by atoms with Gasteiger partial charge in [-0.05, 0) is 44.4 Å². The highest BCUT2D eigenvalue weighted by molar-refractivity contribution is 6.27. The van der Waals surface area contributed by atoms with E-state index in [0.29, 0.717) is 24.1 Å². The summed E-state index contributed by atoms with van der Waals surface area (Å²) < 4.78 is 5.42. The van der Waals surface area contributed by atoms with E-state index >= 15 is 0 Å². The van der Waals surface area contributed by atoms with Crippen LogP contribution in [-0.2, 0) is 4.79 Å². The van der Waals surface area contributed by atoms with Crippen molar-refractivity contribution in [1.29, 1.82) is 0 Å². The van der Waals surface area contributed by atoms with Crippen molar-refractivity contribution < 1.29 is 14.1 Å². The van der Waals surface area contributed by atoms with Gasteiger partial charge in [0.25, 0.3) is 5.91 Å². The molecule has 3 rings (SSSR count). The van der Waals surface area contributed by atoms with E-state index in [9.17, 15) is 9.59 Å². The number of aromatic nitrogens is 1. The van der Waals surface area contributed by atoms with Crippen LogP contribution in [0.2, 0.25) is 0 Å².